The maximum absolute atomic E-state index is 14.0. The Morgan fingerprint density at radius 1 is 0.771 bits per heavy atom. The normalized spacial score (nSPS) is 18.5. The van der Waals surface area contributed by atoms with E-state index in [9.17, 15) is 14.4 Å². The Morgan fingerprint density at radius 2 is 1.31 bits per heavy atom. The molecule has 0 N–H and O–H groups in total. The van der Waals surface area contributed by atoms with E-state index in [4.69, 9.17) is 19.0 Å². The van der Waals surface area contributed by atoms with Gasteiger partial charge in [-0.1, -0.05) is 60.7 Å². The van der Waals surface area contributed by atoms with Gasteiger partial charge in [-0.15, -0.1) is 0 Å². The van der Waals surface area contributed by atoms with Gasteiger partial charge in [0.1, 0.15) is 17.8 Å². The molecular formula is C27H25NO7. The molecule has 8 nitrogen and oxygen atoms in total. The monoisotopic (exact) mass is 475 g/mol. The highest BCUT2D eigenvalue weighted by molar-refractivity contribution is 6.15. The second-order valence-electron chi connectivity index (χ2n) is 7.89. The molecule has 35 heavy (non-hydrogen) atoms. The smallest absolute Gasteiger partial charge is 0.346 e. The van der Waals surface area contributed by atoms with Crippen LogP contribution in [0.2, 0.25) is 0 Å². The number of anilines is 1. The van der Waals surface area contributed by atoms with Gasteiger partial charge in [-0.2, -0.15) is 0 Å². The number of ether oxygens (including phenoxy) is 3. The Hall–Kier alpha value is -4.17. The molecule has 0 saturated carbocycles. The zero-order chi connectivity index (χ0) is 25.0. The van der Waals surface area contributed by atoms with E-state index < -0.39 is 35.3 Å². The molecule has 0 aliphatic carbocycles. The summed E-state index contributed by atoms with van der Waals surface area (Å²) in [6.45, 7) is 0. The highest BCUT2D eigenvalue weighted by Crippen LogP contribution is 2.50. The lowest BCUT2D eigenvalue weighted by Crippen LogP contribution is -2.63. The van der Waals surface area contributed by atoms with Crippen molar-refractivity contribution >= 4 is 23.4 Å². The van der Waals surface area contributed by atoms with E-state index in [1.807, 2.05) is 6.07 Å². The number of ketones is 1. The Balaban J connectivity index is 1.99. The maximum atomic E-state index is 14.0. The molecule has 1 fully saturated rings. The number of hydroxylamine groups is 1. The Kier molecular flexibility index (Phi) is 6.84. The molecule has 0 aromatic heterocycles. The molecule has 1 aliphatic rings. The summed E-state index contributed by atoms with van der Waals surface area (Å²) in [7, 11) is 3.83. The van der Waals surface area contributed by atoms with Gasteiger partial charge in [0.05, 0.1) is 27.0 Å². The van der Waals surface area contributed by atoms with Crippen LogP contribution in [0.4, 0.5) is 5.69 Å². The van der Waals surface area contributed by atoms with E-state index in [0.717, 1.165) is 19.3 Å². The van der Waals surface area contributed by atoms with Crippen LogP contribution in [0.15, 0.2) is 84.9 Å². The number of benzene rings is 3. The summed E-state index contributed by atoms with van der Waals surface area (Å²) in [5.74, 6) is -3.19. The van der Waals surface area contributed by atoms with Gasteiger partial charge >= 0.3 is 11.9 Å². The van der Waals surface area contributed by atoms with Gasteiger partial charge in [0, 0.05) is 5.56 Å². The third kappa shape index (κ3) is 4.02. The van der Waals surface area contributed by atoms with Crippen LogP contribution in [0.5, 0.6) is 5.75 Å². The lowest BCUT2D eigenvalue weighted by Gasteiger charge is -2.35. The minimum Gasteiger partial charge on any atom is -0.497 e. The largest absolute Gasteiger partial charge is 0.497 e. The van der Waals surface area contributed by atoms with E-state index in [1.165, 1.54) is 7.11 Å². The van der Waals surface area contributed by atoms with Crippen molar-refractivity contribution in [2.24, 2.45) is 5.92 Å². The van der Waals surface area contributed by atoms with Crippen LogP contribution in [-0.2, 0) is 23.9 Å². The molecule has 1 saturated heterocycles. The minimum absolute atomic E-state index is 0.316. The molecule has 0 bridgehead atoms. The third-order valence-electron chi connectivity index (χ3n) is 6.06. The summed E-state index contributed by atoms with van der Waals surface area (Å²) in [5, 5.41) is 1.13. The summed E-state index contributed by atoms with van der Waals surface area (Å²) in [4.78, 5) is 47.4. The van der Waals surface area contributed by atoms with E-state index in [0.29, 0.717) is 22.6 Å². The van der Waals surface area contributed by atoms with E-state index in [1.54, 1.807) is 78.9 Å². The molecular weight excluding hydrogens is 450 g/mol. The van der Waals surface area contributed by atoms with Gasteiger partial charge in [-0.25, -0.2) is 14.7 Å². The summed E-state index contributed by atoms with van der Waals surface area (Å²) < 4.78 is 15.5. The Morgan fingerprint density at radius 3 is 1.83 bits per heavy atom. The molecule has 0 radical (unpaired) electrons. The quantitative estimate of drug-likeness (QED) is 0.290. The van der Waals surface area contributed by atoms with Gasteiger partial charge in [-0.3, -0.25) is 9.63 Å². The van der Waals surface area contributed by atoms with Crippen molar-refractivity contribution in [2.45, 2.75) is 11.6 Å². The summed E-state index contributed by atoms with van der Waals surface area (Å²) in [6.07, 6.45) is -0.996. The lowest BCUT2D eigenvalue weighted by atomic mass is 9.74. The average molecular weight is 475 g/mol. The van der Waals surface area contributed by atoms with Crippen molar-refractivity contribution < 1.29 is 33.4 Å². The van der Waals surface area contributed by atoms with Gasteiger partial charge in [0.25, 0.3) is 5.54 Å². The highest BCUT2D eigenvalue weighted by Gasteiger charge is 2.70. The first kappa shape index (κ1) is 24.0. The van der Waals surface area contributed by atoms with Crippen molar-refractivity contribution in [1.82, 2.24) is 0 Å². The first-order chi connectivity index (χ1) is 17.0. The summed E-state index contributed by atoms with van der Waals surface area (Å²) in [5.41, 5.74) is -0.998. The number of esters is 2. The molecule has 3 aromatic carbocycles. The Labute approximate surface area is 202 Å². The number of methoxy groups -OCH3 is 3. The number of nitrogens with zero attached hydrogens (tertiary/aromatic N) is 1. The van der Waals surface area contributed by atoms with Crippen molar-refractivity contribution in [3.63, 3.8) is 0 Å². The summed E-state index contributed by atoms with van der Waals surface area (Å²) >= 11 is 0. The SMILES string of the molecule is COC(=O)C1(C(=O)OC)C(C(=O)c2ccccc2)C(c2ccccc2)ON1c1ccc(OC)cc1. The van der Waals surface area contributed by atoms with Crippen molar-refractivity contribution in [2.75, 3.05) is 26.4 Å². The summed E-state index contributed by atoms with van der Waals surface area (Å²) in [6, 6.07) is 23.9. The maximum Gasteiger partial charge on any atom is 0.346 e. The predicted octanol–water partition coefficient (Wildman–Crippen LogP) is 3.77. The minimum atomic E-state index is -2.26. The standard InChI is InChI=1S/C27H25NO7/c1-32-21-16-14-20(15-17-21)28-27(25(30)33-2,26(31)34-3)22(23(29)18-10-6-4-7-11-18)24(35-28)19-12-8-5-9-13-19/h4-17,22,24H,1-3H3. The van der Waals surface area contributed by atoms with Crippen molar-refractivity contribution in [3.8, 4) is 5.75 Å². The fourth-order valence-corrected chi connectivity index (χ4v) is 4.40. The molecule has 1 aliphatic heterocycles. The van der Waals surface area contributed by atoms with E-state index in [-0.39, 0.29) is 0 Å². The zero-order valence-electron chi connectivity index (χ0n) is 19.5. The average Bonchev–Trinajstić information content (AvgIpc) is 3.29. The van der Waals surface area contributed by atoms with Crippen LogP contribution in [0.1, 0.15) is 22.0 Å². The third-order valence-corrected chi connectivity index (χ3v) is 6.06. The van der Waals surface area contributed by atoms with Gasteiger partial charge in [-0.05, 0) is 29.8 Å². The molecule has 180 valence electrons. The second-order valence-corrected chi connectivity index (χ2v) is 7.89. The number of carbonyl (C=O) groups is 3. The number of carbonyl (C=O) groups excluding carboxylic acids is 3. The predicted molar refractivity (Wildman–Crippen MR) is 127 cm³/mol. The van der Waals surface area contributed by atoms with Crippen molar-refractivity contribution in [3.05, 3.63) is 96.1 Å². The van der Waals surface area contributed by atoms with Crippen LogP contribution < -0.4 is 9.80 Å². The first-order valence-electron chi connectivity index (χ1n) is 10.9. The first-order valence-corrected chi connectivity index (χ1v) is 10.9. The number of rotatable bonds is 7. The molecule has 8 heteroatoms. The lowest BCUT2D eigenvalue weighted by molar-refractivity contribution is -0.163. The molecule has 0 spiro atoms. The van der Waals surface area contributed by atoms with E-state index in [2.05, 4.69) is 0 Å². The zero-order valence-corrected chi connectivity index (χ0v) is 19.5. The second kappa shape index (κ2) is 9.99. The molecule has 2 atom stereocenters. The molecule has 1 heterocycles. The van der Waals surface area contributed by atoms with Crippen LogP contribution in [-0.4, -0.2) is 44.6 Å². The fraction of sp³-hybridized carbons (Fsp3) is 0.222. The number of hydrogen-bond acceptors (Lipinski definition) is 8. The van der Waals surface area contributed by atoms with Crippen LogP contribution in [0.25, 0.3) is 0 Å². The molecule has 2 unspecified atom stereocenters. The topological polar surface area (TPSA) is 91.4 Å². The number of hydrogen-bond donors (Lipinski definition) is 0. The molecule has 0 amide bonds. The Bertz CT molecular complexity index is 1180. The van der Waals surface area contributed by atoms with E-state index >= 15 is 0 Å². The fourth-order valence-electron chi connectivity index (χ4n) is 4.40. The van der Waals surface area contributed by atoms with Crippen LogP contribution >= 0.6 is 0 Å². The van der Waals surface area contributed by atoms with Crippen LogP contribution in [0, 0.1) is 5.92 Å². The highest BCUT2D eigenvalue weighted by atomic mass is 16.7. The van der Waals surface area contributed by atoms with Gasteiger partial charge < -0.3 is 14.2 Å². The van der Waals surface area contributed by atoms with Gasteiger partial charge in [0.15, 0.2) is 5.78 Å². The van der Waals surface area contributed by atoms with Gasteiger partial charge in [0.2, 0.25) is 0 Å². The molecule has 4 rings (SSSR count). The van der Waals surface area contributed by atoms with Crippen molar-refractivity contribution in [1.29, 1.82) is 0 Å². The van der Waals surface area contributed by atoms with Crippen LogP contribution in [0.3, 0.4) is 0 Å². The number of Topliss-reactive ketones (excluding diaryl/α,β-unsaturated/α-hetero) is 1. The molecule has 3 aromatic rings.